The van der Waals surface area contributed by atoms with Crippen molar-refractivity contribution in [3.05, 3.63) is 20.8 Å². The van der Waals surface area contributed by atoms with Crippen LogP contribution in [0.5, 0.6) is 0 Å². The van der Waals surface area contributed by atoms with Crippen LogP contribution in [0.3, 0.4) is 0 Å². The molecule has 0 radical (unpaired) electrons. The molecule has 15 heteroatoms. The van der Waals surface area contributed by atoms with Crippen molar-refractivity contribution in [1.29, 1.82) is 0 Å². The number of hydrogen-bond donors (Lipinski definition) is 7. The summed E-state index contributed by atoms with van der Waals surface area (Å²) in [4.78, 5) is 50.2. The van der Waals surface area contributed by atoms with E-state index in [0.29, 0.717) is 0 Å². The largest absolute Gasteiger partial charge is 0.470 e. The second-order valence-electron chi connectivity index (χ2n) is 5.25. The summed E-state index contributed by atoms with van der Waals surface area (Å²) in [5, 5.41) is 19.3. The number of fused-ring (bicyclic) bond motifs is 1. The third-order valence-corrected chi connectivity index (χ3v) is 4.12. The van der Waals surface area contributed by atoms with Crippen LogP contribution in [0.2, 0.25) is 0 Å². The number of ether oxygens (including phenoxy) is 1. The first kappa shape index (κ1) is 17.8. The molecule has 1 aliphatic heterocycles. The second-order valence-corrected chi connectivity index (χ2v) is 6.44. The molecule has 8 N–H and O–H groups in total. The number of phosphoric acid groups is 1. The number of aromatic nitrogens is 4. The van der Waals surface area contributed by atoms with E-state index in [2.05, 4.69) is 19.5 Å². The van der Waals surface area contributed by atoms with Gasteiger partial charge in [-0.05, 0) is 0 Å². The predicted molar refractivity (Wildman–Crippen MR) is 79.3 cm³/mol. The highest BCUT2D eigenvalue weighted by Gasteiger charge is 2.49. The van der Waals surface area contributed by atoms with Gasteiger partial charge in [-0.1, -0.05) is 0 Å². The van der Waals surface area contributed by atoms with E-state index < -0.39 is 50.2 Å². The summed E-state index contributed by atoms with van der Waals surface area (Å²) in [6, 6.07) is 0. The van der Waals surface area contributed by atoms with Gasteiger partial charge in [0, 0.05) is 0 Å². The number of nitrogens with one attached hydrogen (secondary N) is 2. The minimum absolute atomic E-state index is 0.264. The van der Waals surface area contributed by atoms with Crippen LogP contribution in [0.15, 0.2) is 9.59 Å². The molecule has 3 rings (SSSR count). The van der Waals surface area contributed by atoms with Crippen LogP contribution in [0.4, 0.5) is 5.95 Å². The second kappa shape index (κ2) is 6.03. The predicted octanol–water partition coefficient (Wildman–Crippen LogP) is -3.28. The zero-order chi connectivity index (χ0) is 18.5. The number of rotatable bonds is 4. The maximum absolute atomic E-state index is 12.2. The number of hydrogen-bond acceptors (Lipinski definition) is 9. The lowest BCUT2D eigenvalue weighted by Crippen LogP contribution is -2.36. The lowest BCUT2D eigenvalue weighted by molar-refractivity contribution is -0.0519. The standard InChI is InChI=1S/C10H14N5O9P/c11-9-13-6-3(7(18)14-9)12-10(19)15(6)8-5(24-25(20,21)22)4(17)2(1-16)23-8/h2,4-5,8,16-17H,1H2,(H,12,19)(H2,20,21,22)(H3,11,13,14,18)/t2-,4-,5-,8+/m1/s1. The average molecular weight is 379 g/mol. The van der Waals surface area contributed by atoms with E-state index in [0.717, 1.165) is 4.57 Å². The number of aromatic amines is 2. The molecule has 3 heterocycles. The smallest absolute Gasteiger partial charge is 0.394 e. The summed E-state index contributed by atoms with van der Waals surface area (Å²) in [5.74, 6) is -0.324. The minimum Gasteiger partial charge on any atom is -0.394 e. The minimum atomic E-state index is -5.08. The number of aliphatic hydroxyl groups is 2. The molecule has 2 aromatic rings. The Morgan fingerprint density at radius 3 is 2.64 bits per heavy atom. The van der Waals surface area contributed by atoms with Crippen molar-refractivity contribution in [2.24, 2.45) is 0 Å². The quantitative estimate of drug-likeness (QED) is 0.261. The van der Waals surface area contributed by atoms with E-state index >= 15 is 0 Å². The van der Waals surface area contributed by atoms with Crippen molar-refractivity contribution in [1.82, 2.24) is 19.5 Å². The van der Waals surface area contributed by atoms with Crippen molar-refractivity contribution in [2.45, 2.75) is 24.5 Å². The lowest BCUT2D eigenvalue weighted by atomic mass is 10.1. The third kappa shape index (κ3) is 3.11. The third-order valence-electron chi connectivity index (χ3n) is 3.60. The monoisotopic (exact) mass is 379 g/mol. The van der Waals surface area contributed by atoms with Crippen LogP contribution < -0.4 is 17.0 Å². The topological polar surface area (TPSA) is 226 Å². The molecule has 0 bridgehead atoms. The van der Waals surface area contributed by atoms with Gasteiger partial charge in [0.15, 0.2) is 17.4 Å². The highest BCUT2D eigenvalue weighted by Crippen LogP contribution is 2.44. The Labute approximate surface area is 137 Å². The van der Waals surface area contributed by atoms with Crippen LogP contribution in [-0.2, 0) is 13.8 Å². The fourth-order valence-electron chi connectivity index (χ4n) is 2.61. The Bertz CT molecular complexity index is 960. The molecule has 0 saturated carbocycles. The van der Waals surface area contributed by atoms with Crippen LogP contribution >= 0.6 is 7.82 Å². The SMILES string of the molecule is Nc1nc2c([nH]c(=O)n2[C@H]2O[C@H](CO)[C@@H](O)[C@H]2OP(=O)(O)O)c(=O)[nH]1. The summed E-state index contributed by atoms with van der Waals surface area (Å²) in [6.07, 6.45) is -6.27. The van der Waals surface area contributed by atoms with E-state index in [1.807, 2.05) is 0 Å². The van der Waals surface area contributed by atoms with Crippen LogP contribution in [-0.4, -0.2) is 64.4 Å². The molecule has 0 aliphatic carbocycles. The van der Waals surface area contributed by atoms with Gasteiger partial charge in [0.05, 0.1) is 6.61 Å². The van der Waals surface area contributed by atoms with Gasteiger partial charge < -0.3 is 30.5 Å². The molecule has 138 valence electrons. The fraction of sp³-hybridized carbons (Fsp3) is 0.500. The van der Waals surface area contributed by atoms with Crippen molar-refractivity contribution >= 4 is 24.9 Å². The summed E-state index contributed by atoms with van der Waals surface area (Å²) >= 11 is 0. The summed E-state index contributed by atoms with van der Waals surface area (Å²) in [5.41, 5.74) is 3.21. The van der Waals surface area contributed by atoms with Crippen molar-refractivity contribution in [2.75, 3.05) is 12.3 Å². The highest BCUT2D eigenvalue weighted by molar-refractivity contribution is 7.46. The number of nitrogens with zero attached hydrogens (tertiary/aromatic N) is 2. The Morgan fingerprint density at radius 1 is 1.36 bits per heavy atom. The van der Waals surface area contributed by atoms with E-state index in [1.54, 1.807) is 0 Å². The van der Waals surface area contributed by atoms with E-state index in [1.165, 1.54) is 0 Å². The van der Waals surface area contributed by atoms with Gasteiger partial charge in [-0.15, -0.1) is 0 Å². The lowest BCUT2D eigenvalue weighted by Gasteiger charge is -2.21. The first-order chi connectivity index (χ1) is 11.6. The maximum atomic E-state index is 12.2. The number of phosphoric ester groups is 1. The maximum Gasteiger partial charge on any atom is 0.470 e. The number of nitrogen functional groups attached to an aromatic ring is 1. The average Bonchev–Trinajstić information content (AvgIpc) is 2.96. The summed E-state index contributed by atoms with van der Waals surface area (Å²) in [7, 11) is -5.08. The molecule has 4 atom stereocenters. The van der Waals surface area contributed by atoms with Crippen molar-refractivity contribution < 1.29 is 33.8 Å². The number of imidazole rings is 1. The van der Waals surface area contributed by atoms with Crippen molar-refractivity contribution in [3.63, 3.8) is 0 Å². The molecule has 0 amide bonds. The molecule has 14 nitrogen and oxygen atoms in total. The van der Waals surface area contributed by atoms with E-state index in [-0.39, 0.29) is 17.1 Å². The van der Waals surface area contributed by atoms with Crippen molar-refractivity contribution in [3.8, 4) is 0 Å². The number of H-pyrrole nitrogens is 2. The van der Waals surface area contributed by atoms with Gasteiger partial charge in [-0.2, -0.15) is 4.98 Å². The molecular formula is C10H14N5O9P. The Balaban J connectivity index is 2.18. The molecule has 0 unspecified atom stereocenters. The zero-order valence-corrected chi connectivity index (χ0v) is 13.2. The molecule has 0 aromatic carbocycles. The first-order valence-electron chi connectivity index (χ1n) is 6.80. The molecule has 2 aromatic heterocycles. The molecule has 0 spiro atoms. The molecule has 1 saturated heterocycles. The normalized spacial score (nSPS) is 27.2. The molecule has 1 aliphatic rings. The summed E-state index contributed by atoms with van der Waals surface area (Å²) < 4.78 is 21.7. The molecule has 25 heavy (non-hydrogen) atoms. The van der Waals surface area contributed by atoms with Crippen LogP contribution in [0.1, 0.15) is 6.23 Å². The number of anilines is 1. The zero-order valence-electron chi connectivity index (χ0n) is 12.3. The van der Waals surface area contributed by atoms with Gasteiger partial charge in [-0.3, -0.25) is 19.3 Å². The molecule has 1 fully saturated rings. The Kier molecular flexibility index (Phi) is 4.28. The van der Waals surface area contributed by atoms with Gasteiger partial charge in [0.2, 0.25) is 5.95 Å². The fourth-order valence-corrected chi connectivity index (χ4v) is 3.16. The van der Waals surface area contributed by atoms with Crippen LogP contribution in [0, 0.1) is 0 Å². The van der Waals surface area contributed by atoms with E-state index in [4.69, 9.17) is 20.3 Å². The van der Waals surface area contributed by atoms with Crippen LogP contribution in [0.25, 0.3) is 11.2 Å². The van der Waals surface area contributed by atoms with E-state index in [9.17, 15) is 24.4 Å². The van der Waals surface area contributed by atoms with Gasteiger partial charge in [0.1, 0.15) is 18.3 Å². The Morgan fingerprint density at radius 2 is 2.04 bits per heavy atom. The molecular weight excluding hydrogens is 365 g/mol. The summed E-state index contributed by atoms with van der Waals surface area (Å²) in [6.45, 7) is -0.716. The Hall–Kier alpha value is -2.06. The number of aliphatic hydroxyl groups excluding tert-OH is 2. The van der Waals surface area contributed by atoms with Gasteiger partial charge in [0.25, 0.3) is 5.56 Å². The highest BCUT2D eigenvalue weighted by atomic mass is 31.2. The number of nitrogens with two attached hydrogens (primary N) is 1. The van der Waals surface area contributed by atoms with Gasteiger partial charge in [-0.25, -0.2) is 13.9 Å². The first-order valence-corrected chi connectivity index (χ1v) is 8.33. The van der Waals surface area contributed by atoms with Gasteiger partial charge >= 0.3 is 13.5 Å².